The first-order chi connectivity index (χ1) is 10.7. The van der Waals surface area contributed by atoms with Crippen LogP contribution < -0.4 is 14.2 Å². The van der Waals surface area contributed by atoms with Gasteiger partial charge in [-0.3, -0.25) is 4.79 Å². The molecular weight excluding hydrogens is 304 g/mol. The highest BCUT2D eigenvalue weighted by Gasteiger charge is 2.09. The van der Waals surface area contributed by atoms with Gasteiger partial charge in [-0.25, -0.2) is 0 Å². The Kier molecular flexibility index (Phi) is 5.67. The molecule has 0 aliphatic rings. The van der Waals surface area contributed by atoms with Gasteiger partial charge in [0.2, 0.25) is 0 Å². The quantitative estimate of drug-likeness (QED) is 0.573. The molecule has 0 aliphatic carbocycles. The smallest absolute Gasteiger partial charge is 0.171 e. The van der Waals surface area contributed by atoms with E-state index in [9.17, 15) is 4.79 Å². The Morgan fingerprint density at radius 2 is 1.91 bits per heavy atom. The Balaban J connectivity index is 1.94. The molecule has 0 spiro atoms. The summed E-state index contributed by atoms with van der Waals surface area (Å²) < 4.78 is 16.4. The second-order valence-corrected chi connectivity index (χ2v) is 5.01. The molecule has 0 bridgehead atoms. The molecule has 4 nitrogen and oxygen atoms in total. The van der Waals surface area contributed by atoms with Gasteiger partial charge in [-0.15, -0.1) is 0 Å². The summed E-state index contributed by atoms with van der Waals surface area (Å²) in [6.07, 6.45) is 0.737. The molecule has 0 amide bonds. The molecule has 0 saturated carbocycles. The number of methoxy groups -OCH3 is 1. The molecule has 2 rings (SSSR count). The van der Waals surface area contributed by atoms with E-state index in [-0.39, 0.29) is 0 Å². The molecule has 0 unspecified atom stereocenters. The van der Waals surface area contributed by atoms with Crippen molar-refractivity contribution < 1.29 is 19.0 Å². The molecule has 2 aromatic carbocycles. The fourth-order valence-electron chi connectivity index (χ4n) is 1.95. The maximum absolute atomic E-state index is 11.0. The second kappa shape index (κ2) is 7.71. The van der Waals surface area contributed by atoms with Crippen LogP contribution in [0.3, 0.4) is 0 Å². The van der Waals surface area contributed by atoms with E-state index in [0.29, 0.717) is 35.3 Å². The summed E-state index contributed by atoms with van der Waals surface area (Å²) in [5, 5.41) is 0.702. The van der Waals surface area contributed by atoms with Gasteiger partial charge in [-0.05, 0) is 42.8 Å². The Morgan fingerprint density at radius 1 is 1.14 bits per heavy atom. The third kappa shape index (κ3) is 3.92. The fourth-order valence-corrected chi connectivity index (χ4v) is 2.07. The fraction of sp³-hybridized carbons (Fsp3) is 0.235. The lowest BCUT2D eigenvalue weighted by molar-refractivity contribution is 0.111. The molecule has 0 aromatic heterocycles. The third-order valence-electron chi connectivity index (χ3n) is 3.08. The normalized spacial score (nSPS) is 10.1. The predicted molar refractivity (Wildman–Crippen MR) is 85.6 cm³/mol. The van der Waals surface area contributed by atoms with Gasteiger partial charge >= 0.3 is 0 Å². The average molecular weight is 321 g/mol. The second-order valence-electron chi connectivity index (χ2n) is 4.60. The monoisotopic (exact) mass is 320 g/mol. The maximum atomic E-state index is 11.0. The van der Waals surface area contributed by atoms with Crippen LogP contribution in [0.4, 0.5) is 0 Å². The zero-order chi connectivity index (χ0) is 15.9. The number of aryl methyl sites for hydroxylation is 1. The SMILES string of the molecule is COc1cccc(C=O)c1OCCOc1ccc(Cl)c(C)c1. The van der Waals surface area contributed by atoms with Crippen molar-refractivity contribution in [3.63, 3.8) is 0 Å². The van der Waals surface area contributed by atoms with E-state index in [1.807, 2.05) is 13.0 Å². The molecule has 0 aliphatic heterocycles. The lowest BCUT2D eigenvalue weighted by Gasteiger charge is -2.13. The van der Waals surface area contributed by atoms with Crippen molar-refractivity contribution in [1.82, 2.24) is 0 Å². The summed E-state index contributed by atoms with van der Waals surface area (Å²) in [7, 11) is 1.53. The van der Waals surface area contributed by atoms with Crippen molar-refractivity contribution in [3.05, 3.63) is 52.5 Å². The minimum Gasteiger partial charge on any atom is -0.493 e. The molecule has 2 aromatic rings. The van der Waals surface area contributed by atoms with Gasteiger partial charge in [0.05, 0.1) is 12.7 Å². The predicted octanol–water partition coefficient (Wildman–Crippen LogP) is 3.93. The highest BCUT2D eigenvalue weighted by Crippen LogP contribution is 2.30. The van der Waals surface area contributed by atoms with E-state index in [1.54, 1.807) is 30.3 Å². The number of carbonyl (C=O) groups is 1. The summed E-state index contributed by atoms with van der Waals surface area (Å²) >= 11 is 5.96. The number of para-hydroxylation sites is 1. The Bertz CT molecular complexity index is 655. The van der Waals surface area contributed by atoms with Crippen molar-refractivity contribution in [2.24, 2.45) is 0 Å². The highest BCUT2D eigenvalue weighted by atomic mass is 35.5. The molecule has 0 atom stereocenters. The summed E-state index contributed by atoms with van der Waals surface area (Å²) in [6.45, 7) is 2.55. The number of hydrogen-bond donors (Lipinski definition) is 0. The number of benzene rings is 2. The van der Waals surface area contributed by atoms with Crippen molar-refractivity contribution in [2.75, 3.05) is 20.3 Å². The van der Waals surface area contributed by atoms with Crippen LogP contribution in [0, 0.1) is 6.92 Å². The van der Waals surface area contributed by atoms with Crippen molar-refractivity contribution in [2.45, 2.75) is 6.92 Å². The van der Waals surface area contributed by atoms with E-state index < -0.39 is 0 Å². The van der Waals surface area contributed by atoms with E-state index in [2.05, 4.69) is 0 Å². The lowest BCUT2D eigenvalue weighted by atomic mass is 10.2. The summed E-state index contributed by atoms with van der Waals surface area (Å²) in [5.74, 6) is 1.67. The van der Waals surface area contributed by atoms with E-state index >= 15 is 0 Å². The Morgan fingerprint density at radius 3 is 2.59 bits per heavy atom. The minimum absolute atomic E-state index is 0.295. The standard InChI is InChI=1S/C17H17ClO4/c1-12-10-14(6-7-15(12)18)21-8-9-22-17-13(11-19)4-3-5-16(17)20-2/h3-7,10-11H,8-9H2,1-2H3. The largest absolute Gasteiger partial charge is 0.493 e. The van der Waals surface area contributed by atoms with Crippen LogP contribution in [0.5, 0.6) is 17.2 Å². The molecular formula is C17H17ClO4. The molecule has 0 heterocycles. The Hall–Kier alpha value is -2.20. The van der Waals surface area contributed by atoms with Crippen molar-refractivity contribution in [1.29, 1.82) is 0 Å². The summed E-state index contributed by atoms with van der Waals surface area (Å²) in [5.41, 5.74) is 1.40. The van der Waals surface area contributed by atoms with E-state index in [4.69, 9.17) is 25.8 Å². The number of rotatable bonds is 7. The van der Waals surface area contributed by atoms with Gasteiger partial charge in [0.1, 0.15) is 19.0 Å². The van der Waals surface area contributed by atoms with Crippen molar-refractivity contribution in [3.8, 4) is 17.2 Å². The van der Waals surface area contributed by atoms with E-state index in [0.717, 1.165) is 17.6 Å². The zero-order valence-corrected chi connectivity index (χ0v) is 13.2. The Labute approximate surface area is 134 Å². The van der Waals surface area contributed by atoms with Crippen LogP contribution in [0.2, 0.25) is 5.02 Å². The number of aldehydes is 1. The van der Waals surface area contributed by atoms with Gasteiger partial charge in [0.15, 0.2) is 17.8 Å². The first kappa shape index (κ1) is 16.2. The summed E-state index contributed by atoms with van der Waals surface area (Å²) in [4.78, 5) is 11.0. The molecule has 0 saturated heterocycles. The van der Waals surface area contributed by atoms with Crippen molar-refractivity contribution >= 4 is 17.9 Å². The number of ether oxygens (including phenoxy) is 3. The van der Waals surface area contributed by atoms with Crippen LogP contribution >= 0.6 is 11.6 Å². The van der Waals surface area contributed by atoms with Crippen LogP contribution in [0.25, 0.3) is 0 Å². The molecule has 0 fully saturated rings. The van der Waals surface area contributed by atoms with Crippen LogP contribution in [-0.2, 0) is 0 Å². The molecule has 116 valence electrons. The molecule has 0 N–H and O–H groups in total. The van der Waals surface area contributed by atoms with Crippen LogP contribution in [-0.4, -0.2) is 26.6 Å². The number of carbonyl (C=O) groups excluding carboxylic acids is 1. The van der Waals surface area contributed by atoms with Gasteiger partial charge < -0.3 is 14.2 Å². The van der Waals surface area contributed by atoms with Gasteiger partial charge in [0.25, 0.3) is 0 Å². The zero-order valence-electron chi connectivity index (χ0n) is 12.5. The van der Waals surface area contributed by atoms with Crippen LogP contribution in [0.1, 0.15) is 15.9 Å². The summed E-state index contributed by atoms with van der Waals surface area (Å²) in [6, 6.07) is 10.6. The lowest BCUT2D eigenvalue weighted by Crippen LogP contribution is -2.10. The topological polar surface area (TPSA) is 44.8 Å². The van der Waals surface area contributed by atoms with E-state index in [1.165, 1.54) is 7.11 Å². The molecule has 0 radical (unpaired) electrons. The van der Waals surface area contributed by atoms with Gasteiger partial charge in [0, 0.05) is 5.02 Å². The minimum atomic E-state index is 0.295. The maximum Gasteiger partial charge on any atom is 0.171 e. The van der Waals surface area contributed by atoms with Crippen LogP contribution in [0.15, 0.2) is 36.4 Å². The first-order valence-corrected chi connectivity index (χ1v) is 7.17. The third-order valence-corrected chi connectivity index (χ3v) is 3.51. The highest BCUT2D eigenvalue weighted by molar-refractivity contribution is 6.31. The van der Waals surface area contributed by atoms with Gasteiger partial charge in [-0.2, -0.15) is 0 Å². The van der Waals surface area contributed by atoms with Gasteiger partial charge in [-0.1, -0.05) is 17.7 Å². The average Bonchev–Trinajstić information content (AvgIpc) is 2.54. The molecule has 5 heteroatoms. The number of hydrogen-bond acceptors (Lipinski definition) is 4. The first-order valence-electron chi connectivity index (χ1n) is 6.79. The molecule has 22 heavy (non-hydrogen) atoms. The number of halogens is 1.